The third-order valence-electron chi connectivity index (χ3n) is 2.35. The molecule has 0 saturated heterocycles. The van der Waals surface area contributed by atoms with E-state index in [4.69, 9.17) is 5.73 Å². The van der Waals surface area contributed by atoms with E-state index >= 15 is 0 Å². The summed E-state index contributed by atoms with van der Waals surface area (Å²) in [6.07, 6.45) is 0. The summed E-state index contributed by atoms with van der Waals surface area (Å²) >= 11 is 8.04. The average Bonchev–Trinajstić information content (AvgIpc) is 2.76. The highest BCUT2D eigenvalue weighted by molar-refractivity contribution is 9.11. The molecule has 1 aromatic carbocycles. The zero-order valence-corrected chi connectivity index (χ0v) is 14.4. The Balaban J connectivity index is 2.16. The number of benzene rings is 1. The van der Waals surface area contributed by atoms with Gasteiger partial charge in [-0.3, -0.25) is 0 Å². The number of rotatable bonds is 4. The van der Waals surface area contributed by atoms with E-state index in [1.807, 2.05) is 12.1 Å². The summed E-state index contributed by atoms with van der Waals surface area (Å²) in [5.74, 6) is 0. The van der Waals surface area contributed by atoms with Crippen LogP contribution in [0.2, 0.25) is 0 Å². The van der Waals surface area contributed by atoms with Crippen LogP contribution >= 0.6 is 43.2 Å². The summed E-state index contributed by atoms with van der Waals surface area (Å²) in [6.45, 7) is 0.264. The first-order chi connectivity index (χ1) is 8.88. The maximum absolute atomic E-state index is 12.1. The van der Waals surface area contributed by atoms with Crippen LogP contribution in [-0.4, -0.2) is 8.42 Å². The van der Waals surface area contributed by atoms with Gasteiger partial charge in [-0.2, -0.15) is 0 Å². The Morgan fingerprint density at radius 1 is 1.21 bits per heavy atom. The van der Waals surface area contributed by atoms with Crippen molar-refractivity contribution in [3.05, 3.63) is 43.5 Å². The Morgan fingerprint density at radius 3 is 2.53 bits per heavy atom. The first-order valence-electron chi connectivity index (χ1n) is 5.17. The van der Waals surface area contributed by atoms with Gasteiger partial charge in [0, 0.05) is 21.6 Å². The van der Waals surface area contributed by atoms with Crippen molar-refractivity contribution in [1.29, 1.82) is 0 Å². The topological polar surface area (TPSA) is 72.2 Å². The van der Waals surface area contributed by atoms with Crippen LogP contribution in [-0.2, 0) is 16.6 Å². The van der Waals surface area contributed by atoms with E-state index in [0.717, 1.165) is 8.66 Å². The molecule has 2 rings (SSSR count). The second-order valence-electron chi connectivity index (χ2n) is 3.71. The summed E-state index contributed by atoms with van der Waals surface area (Å²) in [7, 11) is -3.53. The third-order valence-corrected chi connectivity index (χ3v) is 6.06. The van der Waals surface area contributed by atoms with E-state index in [-0.39, 0.29) is 11.4 Å². The van der Waals surface area contributed by atoms with E-state index in [9.17, 15) is 8.42 Å². The monoisotopic (exact) mass is 424 g/mol. The number of nitrogens with one attached hydrogen (secondary N) is 1. The van der Waals surface area contributed by atoms with Crippen molar-refractivity contribution in [2.75, 3.05) is 5.73 Å². The highest BCUT2D eigenvalue weighted by Crippen LogP contribution is 2.24. The second-order valence-corrected chi connectivity index (χ2v) is 8.88. The lowest BCUT2D eigenvalue weighted by atomic mass is 10.3. The molecule has 0 bridgehead atoms. The standard InChI is InChI=1S/C11H10Br2N2O2S2/c12-9-5-8(2-3-10(9)14)19(16,17)15-6-7-1-4-11(13)18-7/h1-5,15H,6,14H2. The number of sulfonamides is 1. The fourth-order valence-electron chi connectivity index (χ4n) is 1.37. The van der Waals surface area contributed by atoms with Gasteiger partial charge in [0.25, 0.3) is 0 Å². The van der Waals surface area contributed by atoms with Crippen LogP contribution in [0.25, 0.3) is 0 Å². The Bertz CT molecular complexity index is 698. The Morgan fingerprint density at radius 2 is 1.95 bits per heavy atom. The molecule has 1 heterocycles. The molecule has 0 unspecified atom stereocenters. The zero-order chi connectivity index (χ0) is 14.0. The summed E-state index contributed by atoms with van der Waals surface area (Å²) in [5, 5.41) is 0. The minimum atomic E-state index is -3.53. The van der Waals surface area contributed by atoms with E-state index < -0.39 is 10.0 Å². The van der Waals surface area contributed by atoms with E-state index in [2.05, 4.69) is 36.6 Å². The quantitative estimate of drug-likeness (QED) is 0.737. The van der Waals surface area contributed by atoms with Crippen LogP contribution in [0.3, 0.4) is 0 Å². The number of thiophene rings is 1. The fraction of sp³-hybridized carbons (Fsp3) is 0.0909. The smallest absolute Gasteiger partial charge is 0.240 e. The number of nitrogens with two attached hydrogens (primary N) is 1. The Hall–Kier alpha value is -0.410. The van der Waals surface area contributed by atoms with Crippen LogP contribution in [0, 0.1) is 0 Å². The lowest BCUT2D eigenvalue weighted by molar-refractivity contribution is 0.582. The summed E-state index contributed by atoms with van der Waals surface area (Å²) in [4.78, 5) is 1.12. The van der Waals surface area contributed by atoms with Gasteiger partial charge in [-0.05, 0) is 62.2 Å². The lowest BCUT2D eigenvalue weighted by Gasteiger charge is -2.07. The highest BCUT2D eigenvalue weighted by atomic mass is 79.9. The molecular weight excluding hydrogens is 416 g/mol. The molecule has 0 radical (unpaired) electrons. The molecule has 0 saturated carbocycles. The average molecular weight is 426 g/mol. The van der Waals surface area contributed by atoms with Gasteiger partial charge in [0.15, 0.2) is 0 Å². The molecule has 0 atom stereocenters. The number of nitrogen functional groups attached to an aromatic ring is 1. The minimum Gasteiger partial charge on any atom is -0.398 e. The number of hydrogen-bond donors (Lipinski definition) is 2. The fourth-order valence-corrected chi connectivity index (χ4v) is 4.45. The van der Waals surface area contributed by atoms with Crippen LogP contribution in [0.4, 0.5) is 5.69 Å². The van der Waals surface area contributed by atoms with Gasteiger partial charge in [-0.25, -0.2) is 13.1 Å². The SMILES string of the molecule is Nc1ccc(S(=O)(=O)NCc2ccc(Br)s2)cc1Br. The molecule has 19 heavy (non-hydrogen) atoms. The maximum Gasteiger partial charge on any atom is 0.240 e. The van der Waals surface area contributed by atoms with Crippen molar-refractivity contribution in [2.24, 2.45) is 0 Å². The van der Waals surface area contributed by atoms with Gasteiger partial charge >= 0.3 is 0 Å². The molecule has 102 valence electrons. The van der Waals surface area contributed by atoms with E-state index in [0.29, 0.717) is 10.2 Å². The predicted octanol–water partition coefficient (Wildman–Crippen LogP) is 3.33. The largest absolute Gasteiger partial charge is 0.398 e. The molecule has 0 amide bonds. The molecule has 0 aliphatic heterocycles. The number of hydrogen-bond acceptors (Lipinski definition) is 4. The van der Waals surface area contributed by atoms with Crippen molar-refractivity contribution in [3.63, 3.8) is 0 Å². The van der Waals surface area contributed by atoms with Crippen molar-refractivity contribution in [1.82, 2.24) is 4.72 Å². The number of halogens is 2. The van der Waals surface area contributed by atoms with Gasteiger partial charge in [-0.15, -0.1) is 11.3 Å². The number of anilines is 1. The van der Waals surface area contributed by atoms with Crippen molar-refractivity contribution in [2.45, 2.75) is 11.4 Å². The molecular formula is C11H10Br2N2O2S2. The maximum atomic E-state index is 12.1. The minimum absolute atomic E-state index is 0.184. The first-order valence-corrected chi connectivity index (χ1v) is 9.06. The van der Waals surface area contributed by atoms with Crippen molar-refractivity contribution in [3.8, 4) is 0 Å². The van der Waals surface area contributed by atoms with Crippen molar-refractivity contribution >= 4 is 58.9 Å². The van der Waals surface area contributed by atoms with Crippen LogP contribution in [0.5, 0.6) is 0 Å². The Kier molecular flexibility index (Phi) is 4.67. The summed E-state index contributed by atoms with van der Waals surface area (Å²) in [5.41, 5.74) is 6.14. The first kappa shape index (κ1) is 15.0. The molecule has 8 heteroatoms. The molecule has 0 aliphatic carbocycles. The van der Waals surface area contributed by atoms with E-state index in [1.165, 1.54) is 23.5 Å². The third kappa shape index (κ3) is 3.79. The zero-order valence-electron chi connectivity index (χ0n) is 9.56. The van der Waals surface area contributed by atoms with Gasteiger partial charge in [0.05, 0.1) is 8.68 Å². The van der Waals surface area contributed by atoms with Gasteiger partial charge in [0.2, 0.25) is 10.0 Å². The molecule has 0 spiro atoms. The van der Waals surface area contributed by atoms with Gasteiger partial charge in [-0.1, -0.05) is 0 Å². The van der Waals surface area contributed by atoms with Gasteiger partial charge < -0.3 is 5.73 Å². The van der Waals surface area contributed by atoms with Gasteiger partial charge in [0.1, 0.15) is 0 Å². The van der Waals surface area contributed by atoms with Crippen LogP contribution < -0.4 is 10.5 Å². The van der Waals surface area contributed by atoms with E-state index in [1.54, 1.807) is 6.07 Å². The molecule has 4 nitrogen and oxygen atoms in total. The molecule has 0 aliphatic rings. The lowest BCUT2D eigenvalue weighted by Crippen LogP contribution is -2.22. The molecule has 1 aromatic heterocycles. The molecule has 2 aromatic rings. The van der Waals surface area contributed by atoms with Crippen molar-refractivity contribution < 1.29 is 8.42 Å². The summed E-state index contributed by atoms with van der Waals surface area (Å²) < 4.78 is 28.3. The second kappa shape index (κ2) is 5.92. The molecule has 0 fully saturated rings. The normalized spacial score (nSPS) is 11.7. The highest BCUT2D eigenvalue weighted by Gasteiger charge is 2.15. The molecule has 3 N–H and O–H groups in total. The summed E-state index contributed by atoms with van der Waals surface area (Å²) in [6, 6.07) is 8.28. The Labute approximate surface area is 132 Å². The van der Waals surface area contributed by atoms with Crippen LogP contribution in [0.15, 0.2) is 43.5 Å². The van der Waals surface area contributed by atoms with Crippen LogP contribution in [0.1, 0.15) is 4.88 Å². The predicted molar refractivity (Wildman–Crippen MR) is 84.6 cm³/mol.